The van der Waals surface area contributed by atoms with Gasteiger partial charge in [0.1, 0.15) is 5.60 Å². The van der Waals surface area contributed by atoms with Crippen LogP contribution in [0.15, 0.2) is 54.6 Å². The number of hydrogen-bond donors (Lipinski definition) is 1. The van der Waals surface area contributed by atoms with E-state index in [1.807, 2.05) is 49.4 Å². The van der Waals surface area contributed by atoms with Crippen molar-refractivity contribution in [3.05, 3.63) is 65.7 Å². The second-order valence-electron chi connectivity index (χ2n) is 7.55. The minimum atomic E-state index is -2.91. The van der Waals surface area contributed by atoms with Crippen LogP contribution >= 0.6 is 9.90 Å². The van der Waals surface area contributed by atoms with E-state index in [4.69, 9.17) is 0 Å². The van der Waals surface area contributed by atoms with Crippen molar-refractivity contribution >= 4 is 25.4 Å². The number of nitrogens with zero attached hydrogens (tertiary/aromatic N) is 2. The molecule has 0 amide bonds. The molecule has 1 heterocycles. The molecule has 1 fully saturated rings. The Hall–Kier alpha value is -1.46. The zero-order valence-corrected chi connectivity index (χ0v) is 19.7. The van der Waals surface area contributed by atoms with Crippen molar-refractivity contribution in [2.45, 2.75) is 19.4 Å². The first-order chi connectivity index (χ1) is 13.3. The SMILES string of the molecule is CCS(=O)(=O)CCN1CCN(c2ccc(C(C)(O)c3ccccc3)cc2)CC1.P. The van der Waals surface area contributed by atoms with Crippen molar-refractivity contribution in [2.24, 2.45) is 0 Å². The van der Waals surface area contributed by atoms with Crippen molar-refractivity contribution in [3.63, 3.8) is 0 Å². The van der Waals surface area contributed by atoms with Gasteiger partial charge in [0.05, 0.1) is 5.75 Å². The Bertz CT molecular complexity index is 863. The van der Waals surface area contributed by atoms with Crippen molar-refractivity contribution < 1.29 is 13.5 Å². The van der Waals surface area contributed by atoms with E-state index >= 15 is 0 Å². The summed E-state index contributed by atoms with van der Waals surface area (Å²) >= 11 is 0. The first-order valence-corrected chi connectivity index (χ1v) is 11.7. The van der Waals surface area contributed by atoms with Gasteiger partial charge in [-0.15, -0.1) is 0 Å². The zero-order valence-electron chi connectivity index (χ0n) is 17.4. The van der Waals surface area contributed by atoms with Gasteiger partial charge in [0.2, 0.25) is 0 Å². The van der Waals surface area contributed by atoms with Crippen molar-refractivity contribution in [2.75, 3.05) is 49.1 Å². The third-order valence-corrected chi connectivity index (χ3v) is 7.35. The van der Waals surface area contributed by atoms with E-state index in [1.165, 1.54) is 0 Å². The first kappa shape index (κ1) is 23.8. The number of rotatable bonds is 7. The molecular weight excluding hydrogens is 403 g/mol. The Labute approximate surface area is 178 Å². The molecule has 7 heteroatoms. The third kappa shape index (κ3) is 6.02. The molecule has 0 aromatic heterocycles. The fraction of sp³-hybridized carbons (Fsp3) is 0.455. The lowest BCUT2D eigenvalue weighted by Gasteiger charge is -2.36. The van der Waals surface area contributed by atoms with Crippen molar-refractivity contribution in [1.29, 1.82) is 0 Å². The lowest BCUT2D eigenvalue weighted by molar-refractivity contribution is 0.102. The fourth-order valence-corrected chi connectivity index (χ4v) is 4.39. The summed E-state index contributed by atoms with van der Waals surface area (Å²) in [6, 6.07) is 17.8. The lowest BCUT2D eigenvalue weighted by Crippen LogP contribution is -2.47. The van der Waals surface area contributed by atoms with E-state index in [0.717, 1.165) is 43.0 Å². The normalized spacial score (nSPS) is 17.4. The molecule has 0 aliphatic carbocycles. The smallest absolute Gasteiger partial charge is 0.151 e. The number of piperazine rings is 1. The number of benzene rings is 2. The molecule has 2 atom stereocenters. The van der Waals surface area contributed by atoms with Crippen LogP contribution in [-0.2, 0) is 15.4 Å². The van der Waals surface area contributed by atoms with Crippen LogP contribution in [0.1, 0.15) is 25.0 Å². The van der Waals surface area contributed by atoms with E-state index in [9.17, 15) is 13.5 Å². The highest BCUT2D eigenvalue weighted by atomic mass is 32.2. The molecule has 0 saturated carbocycles. The summed E-state index contributed by atoms with van der Waals surface area (Å²) in [5.74, 6) is 0.457. The van der Waals surface area contributed by atoms with E-state index in [2.05, 4.69) is 21.9 Å². The van der Waals surface area contributed by atoms with Gasteiger partial charge in [0.25, 0.3) is 0 Å². The molecule has 2 unspecified atom stereocenters. The molecule has 0 bridgehead atoms. The van der Waals surface area contributed by atoms with E-state index in [0.29, 0.717) is 6.54 Å². The van der Waals surface area contributed by atoms with Gasteiger partial charge in [-0.1, -0.05) is 49.4 Å². The maximum Gasteiger partial charge on any atom is 0.151 e. The Morgan fingerprint density at radius 2 is 1.48 bits per heavy atom. The molecule has 1 saturated heterocycles. The largest absolute Gasteiger partial charge is 0.381 e. The van der Waals surface area contributed by atoms with Crippen LogP contribution in [0, 0.1) is 0 Å². The van der Waals surface area contributed by atoms with Gasteiger partial charge >= 0.3 is 0 Å². The molecule has 1 N–H and O–H groups in total. The molecule has 5 nitrogen and oxygen atoms in total. The Morgan fingerprint density at radius 1 is 0.931 bits per heavy atom. The van der Waals surface area contributed by atoms with Gasteiger partial charge in [-0.2, -0.15) is 9.90 Å². The maximum absolute atomic E-state index is 11.7. The van der Waals surface area contributed by atoms with Crippen LogP contribution in [0.4, 0.5) is 5.69 Å². The van der Waals surface area contributed by atoms with Gasteiger partial charge in [-0.3, -0.25) is 4.90 Å². The quantitative estimate of drug-likeness (QED) is 0.676. The minimum Gasteiger partial charge on any atom is -0.381 e. The zero-order chi connectivity index (χ0) is 20.2. The van der Waals surface area contributed by atoms with Gasteiger partial charge < -0.3 is 10.0 Å². The molecule has 0 spiro atoms. The number of hydrogen-bond acceptors (Lipinski definition) is 5. The summed E-state index contributed by atoms with van der Waals surface area (Å²) in [4.78, 5) is 4.53. The summed E-state index contributed by atoms with van der Waals surface area (Å²) in [6.45, 7) is 7.61. The van der Waals surface area contributed by atoms with Crippen molar-refractivity contribution in [1.82, 2.24) is 4.90 Å². The highest BCUT2D eigenvalue weighted by molar-refractivity contribution is 7.91. The first-order valence-electron chi connectivity index (χ1n) is 9.88. The number of aliphatic hydroxyl groups is 1. The van der Waals surface area contributed by atoms with Crippen LogP contribution in [-0.4, -0.2) is 62.7 Å². The maximum atomic E-state index is 11.7. The van der Waals surface area contributed by atoms with E-state index in [-0.39, 0.29) is 21.4 Å². The molecule has 29 heavy (non-hydrogen) atoms. The monoisotopic (exact) mass is 436 g/mol. The minimum absolute atomic E-state index is 0. The average molecular weight is 437 g/mol. The van der Waals surface area contributed by atoms with E-state index in [1.54, 1.807) is 6.92 Å². The summed E-state index contributed by atoms with van der Waals surface area (Å²) < 4.78 is 23.4. The molecule has 2 aromatic carbocycles. The summed E-state index contributed by atoms with van der Waals surface area (Å²) in [7, 11) is -2.91. The molecule has 160 valence electrons. The second-order valence-corrected chi connectivity index (χ2v) is 10.0. The van der Waals surface area contributed by atoms with Gasteiger partial charge in [-0.25, -0.2) is 8.42 Å². The molecule has 0 radical (unpaired) electrons. The highest BCUT2D eigenvalue weighted by Gasteiger charge is 2.26. The predicted molar refractivity (Wildman–Crippen MR) is 126 cm³/mol. The van der Waals surface area contributed by atoms with Gasteiger partial charge in [0, 0.05) is 44.2 Å². The van der Waals surface area contributed by atoms with E-state index < -0.39 is 15.4 Å². The van der Waals surface area contributed by atoms with Crippen LogP contribution in [0.2, 0.25) is 0 Å². The van der Waals surface area contributed by atoms with Gasteiger partial charge in [-0.05, 0) is 30.2 Å². The molecule has 1 aliphatic rings. The van der Waals surface area contributed by atoms with Crippen LogP contribution in [0.3, 0.4) is 0 Å². The highest BCUT2D eigenvalue weighted by Crippen LogP contribution is 2.30. The van der Waals surface area contributed by atoms with Crippen LogP contribution in [0.5, 0.6) is 0 Å². The lowest BCUT2D eigenvalue weighted by atomic mass is 9.88. The Kier molecular flexibility index (Phi) is 8.24. The van der Waals surface area contributed by atoms with Crippen LogP contribution in [0.25, 0.3) is 0 Å². The predicted octanol–water partition coefficient (Wildman–Crippen LogP) is 2.56. The van der Waals surface area contributed by atoms with Crippen LogP contribution < -0.4 is 4.90 Å². The summed E-state index contributed by atoms with van der Waals surface area (Å²) in [5, 5.41) is 11.0. The molecule has 1 aliphatic heterocycles. The fourth-order valence-electron chi connectivity index (χ4n) is 3.57. The molecule has 3 rings (SSSR count). The topological polar surface area (TPSA) is 60.9 Å². The number of anilines is 1. The third-order valence-electron chi connectivity index (χ3n) is 5.66. The second kappa shape index (κ2) is 10.0. The standard InChI is InChI=1S/C22H30N2O3S.H3P/c1-3-28(26,27)18-17-23-13-15-24(16-14-23)21-11-9-20(10-12-21)22(2,25)19-7-5-4-6-8-19;/h4-12,25H,3,13-18H2,1-2H3;1H3. The summed E-state index contributed by atoms with van der Waals surface area (Å²) in [6.07, 6.45) is 0. The average Bonchev–Trinajstić information content (AvgIpc) is 2.73. The molecule has 2 aromatic rings. The Morgan fingerprint density at radius 3 is 2.03 bits per heavy atom. The summed E-state index contributed by atoms with van der Waals surface area (Å²) in [5.41, 5.74) is 1.85. The van der Waals surface area contributed by atoms with Crippen molar-refractivity contribution in [3.8, 4) is 0 Å². The molecular formula is C22H33N2O3PS. The Balaban J connectivity index is 0.00000300. The number of sulfone groups is 1. The van der Waals surface area contributed by atoms with Gasteiger partial charge in [0.15, 0.2) is 9.84 Å².